The van der Waals surface area contributed by atoms with Gasteiger partial charge in [-0.2, -0.15) is 0 Å². The van der Waals surface area contributed by atoms with Crippen LogP contribution >= 0.6 is 0 Å². The fourth-order valence-electron chi connectivity index (χ4n) is 8.45. The number of fused-ring (bicyclic) bond motifs is 3. The summed E-state index contributed by atoms with van der Waals surface area (Å²) in [7, 11) is 0. The fraction of sp³-hybridized carbons (Fsp3) is 0.852. The van der Waals surface area contributed by atoms with E-state index in [1.165, 1.54) is 12.8 Å². The van der Waals surface area contributed by atoms with Gasteiger partial charge in [-0.3, -0.25) is 0 Å². The van der Waals surface area contributed by atoms with Gasteiger partial charge >= 0.3 is 0 Å². The molecule has 6 atom stereocenters. The maximum absolute atomic E-state index is 6.82. The van der Waals surface area contributed by atoms with Crippen molar-refractivity contribution in [3.8, 4) is 11.8 Å². The molecule has 4 nitrogen and oxygen atoms in total. The summed E-state index contributed by atoms with van der Waals surface area (Å²) in [4.78, 5) is 0. The fourth-order valence-corrected chi connectivity index (χ4v) is 8.45. The summed E-state index contributed by atoms with van der Waals surface area (Å²) in [5.41, 5.74) is 0.994. The van der Waals surface area contributed by atoms with E-state index in [-0.39, 0.29) is 33.6 Å². The lowest BCUT2D eigenvalue weighted by atomic mass is 9.53. The number of epoxide rings is 1. The van der Waals surface area contributed by atoms with E-state index in [1.807, 2.05) is 6.92 Å². The molecule has 1 spiro atoms. The highest BCUT2D eigenvalue weighted by Crippen LogP contribution is 2.74. The largest absolute Gasteiger partial charge is 0.358 e. The Hall–Kier alpha value is -0.860. The van der Waals surface area contributed by atoms with E-state index in [0.717, 1.165) is 51.7 Å². The summed E-state index contributed by atoms with van der Waals surface area (Å²) in [6.45, 7) is 12.4. The normalized spacial score (nSPS) is 49.3. The molecule has 4 aliphatic carbocycles. The minimum Gasteiger partial charge on any atom is -0.358 e. The Balaban J connectivity index is 1.34. The van der Waals surface area contributed by atoms with E-state index in [9.17, 15) is 0 Å². The summed E-state index contributed by atoms with van der Waals surface area (Å²) in [6.07, 6.45) is 11.1. The molecule has 2 aliphatic heterocycles. The first-order chi connectivity index (χ1) is 14.6. The number of allylic oxidation sites excluding steroid dienone is 1. The predicted octanol–water partition coefficient (Wildman–Crippen LogP) is 5.15. The lowest BCUT2D eigenvalue weighted by molar-refractivity contribution is -0.185. The Morgan fingerprint density at radius 1 is 1.06 bits per heavy atom. The third kappa shape index (κ3) is 2.58. The number of hydrogen-bond donors (Lipinski definition) is 0. The van der Waals surface area contributed by atoms with E-state index in [0.29, 0.717) is 11.8 Å². The molecular weight excluding hydrogens is 388 g/mol. The molecule has 6 rings (SSSR count). The second-order valence-electron chi connectivity index (χ2n) is 12.2. The van der Waals surface area contributed by atoms with Crippen LogP contribution in [-0.2, 0) is 18.9 Å². The highest BCUT2D eigenvalue weighted by Gasteiger charge is 2.79. The SMILES string of the molecule is CC#C[C@]1(OC(C)(C)C)CC[C@H]2[C@@H]3CC[C@@]45CC6(CC[C@@]4(O5)C3=CC[C@@]21C)OCCO6. The van der Waals surface area contributed by atoms with E-state index < -0.39 is 0 Å². The first-order valence-corrected chi connectivity index (χ1v) is 12.5. The molecule has 0 unspecified atom stereocenters. The molecular formula is C27H38O4. The maximum atomic E-state index is 6.82. The van der Waals surface area contributed by atoms with Crippen molar-refractivity contribution in [2.24, 2.45) is 17.3 Å². The van der Waals surface area contributed by atoms with Crippen molar-refractivity contribution < 1.29 is 18.9 Å². The Morgan fingerprint density at radius 3 is 2.55 bits per heavy atom. The van der Waals surface area contributed by atoms with Crippen LogP contribution in [0.15, 0.2) is 11.6 Å². The van der Waals surface area contributed by atoms with Gasteiger partial charge in [-0.1, -0.05) is 18.9 Å². The van der Waals surface area contributed by atoms with Crippen molar-refractivity contribution in [3.63, 3.8) is 0 Å². The number of ether oxygens (including phenoxy) is 4. The third-order valence-electron chi connectivity index (χ3n) is 9.60. The molecule has 4 heteroatoms. The molecule has 0 radical (unpaired) electrons. The molecule has 0 aromatic heterocycles. The summed E-state index contributed by atoms with van der Waals surface area (Å²) < 4.78 is 25.7. The van der Waals surface area contributed by atoms with Crippen LogP contribution in [0.5, 0.6) is 0 Å². The Bertz CT molecular complexity index is 883. The van der Waals surface area contributed by atoms with E-state index in [2.05, 4.69) is 45.6 Å². The van der Waals surface area contributed by atoms with Gasteiger partial charge in [-0.15, -0.1) is 5.92 Å². The van der Waals surface area contributed by atoms with Crippen molar-refractivity contribution in [2.45, 2.75) is 114 Å². The monoisotopic (exact) mass is 426 g/mol. The van der Waals surface area contributed by atoms with Crippen LogP contribution < -0.4 is 0 Å². The zero-order chi connectivity index (χ0) is 21.8. The molecule has 3 saturated carbocycles. The van der Waals surface area contributed by atoms with Gasteiger partial charge < -0.3 is 18.9 Å². The van der Waals surface area contributed by atoms with Crippen molar-refractivity contribution in [2.75, 3.05) is 13.2 Å². The molecule has 0 amide bonds. The minimum absolute atomic E-state index is 0.0491. The van der Waals surface area contributed by atoms with Gasteiger partial charge in [0.2, 0.25) is 0 Å². The number of rotatable bonds is 1. The number of hydrogen-bond acceptors (Lipinski definition) is 4. The van der Waals surface area contributed by atoms with E-state index >= 15 is 0 Å². The Labute approximate surface area is 187 Å². The lowest BCUT2D eigenvalue weighted by Crippen LogP contribution is -2.55. The molecule has 6 aliphatic rings. The molecule has 0 aromatic carbocycles. The minimum atomic E-state index is -0.379. The van der Waals surface area contributed by atoms with Crippen molar-refractivity contribution >= 4 is 0 Å². The van der Waals surface area contributed by atoms with Crippen LogP contribution in [0.4, 0.5) is 0 Å². The molecule has 0 N–H and O–H groups in total. The standard InChI is InChI=1S/C27H38O4/c1-6-10-24(30-22(2,3)4)13-9-20-19-7-12-25-18-26(28-16-17-29-26)14-15-27(25,31-25)21(19)8-11-23(20,24)5/h8,19-20H,7,9,11-18H2,1-5H3/t19-,20-,23-,24-,25+,27+/m0/s1. The van der Waals surface area contributed by atoms with Crippen LogP contribution in [-0.4, -0.2) is 41.4 Å². The second kappa shape index (κ2) is 6.17. The summed E-state index contributed by atoms with van der Waals surface area (Å²) in [6, 6.07) is 0. The lowest BCUT2D eigenvalue weighted by Gasteiger charge is -2.53. The maximum Gasteiger partial charge on any atom is 0.171 e. The van der Waals surface area contributed by atoms with Gasteiger partial charge in [-0.25, -0.2) is 0 Å². The molecule has 2 saturated heterocycles. The van der Waals surface area contributed by atoms with Crippen LogP contribution in [0.25, 0.3) is 0 Å². The molecule has 31 heavy (non-hydrogen) atoms. The van der Waals surface area contributed by atoms with Gasteiger partial charge in [0.25, 0.3) is 0 Å². The Kier molecular flexibility index (Phi) is 4.13. The summed E-state index contributed by atoms with van der Waals surface area (Å²) >= 11 is 0. The van der Waals surface area contributed by atoms with E-state index in [4.69, 9.17) is 18.9 Å². The highest BCUT2D eigenvalue weighted by molar-refractivity contribution is 5.44. The first kappa shape index (κ1) is 20.7. The van der Waals surface area contributed by atoms with Crippen LogP contribution in [0.3, 0.4) is 0 Å². The summed E-state index contributed by atoms with van der Waals surface area (Å²) in [5.74, 6) is 7.66. The third-order valence-corrected chi connectivity index (χ3v) is 9.60. The van der Waals surface area contributed by atoms with Gasteiger partial charge in [0.15, 0.2) is 5.79 Å². The Morgan fingerprint density at radius 2 is 1.84 bits per heavy atom. The molecule has 5 fully saturated rings. The topological polar surface area (TPSA) is 40.2 Å². The zero-order valence-electron chi connectivity index (χ0n) is 19.9. The van der Waals surface area contributed by atoms with Crippen molar-refractivity contribution in [1.82, 2.24) is 0 Å². The van der Waals surface area contributed by atoms with Gasteiger partial charge in [0.1, 0.15) is 16.8 Å². The van der Waals surface area contributed by atoms with Gasteiger partial charge in [0, 0.05) is 18.3 Å². The highest BCUT2D eigenvalue weighted by atomic mass is 16.7. The van der Waals surface area contributed by atoms with Crippen molar-refractivity contribution in [1.29, 1.82) is 0 Å². The van der Waals surface area contributed by atoms with Crippen LogP contribution in [0.2, 0.25) is 0 Å². The van der Waals surface area contributed by atoms with Gasteiger partial charge in [0.05, 0.1) is 18.8 Å². The van der Waals surface area contributed by atoms with Gasteiger partial charge in [-0.05, 0) is 83.6 Å². The summed E-state index contributed by atoms with van der Waals surface area (Å²) in [5, 5.41) is 0. The molecule has 0 aromatic rings. The first-order valence-electron chi connectivity index (χ1n) is 12.5. The second-order valence-corrected chi connectivity index (χ2v) is 12.2. The smallest absolute Gasteiger partial charge is 0.171 e. The zero-order valence-corrected chi connectivity index (χ0v) is 19.9. The average molecular weight is 427 g/mol. The van der Waals surface area contributed by atoms with Crippen molar-refractivity contribution in [3.05, 3.63) is 11.6 Å². The quantitative estimate of drug-likeness (QED) is 0.330. The van der Waals surface area contributed by atoms with E-state index in [1.54, 1.807) is 5.57 Å². The van der Waals surface area contributed by atoms with Crippen LogP contribution in [0, 0.1) is 29.1 Å². The molecule has 0 bridgehead atoms. The van der Waals surface area contributed by atoms with Crippen LogP contribution in [0.1, 0.15) is 86.0 Å². The molecule has 170 valence electrons. The molecule has 2 heterocycles. The average Bonchev–Trinajstić information content (AvgIpc) is 3.03. The predicted molar refractivity (Wildman–Crippen MR) is 118 cm³/mol.